The van der Waals surface area contributed by atoms with E-state index >= 15 is 0 Å². The average Bonchev–Trinajstić information content (AvgIpc) is 2.73. The van der Waals surface area contributed by atoms with Crippen molar-refractivity contribution in [1.82, 2.24) is 0 Å². The van der Waals surface area contributed by atoms with E-state index in [1.165, 1.54) is 24.1 Å². The number of nitrogens with one attached hydrogen (secondary N) is 1. The highest BCUT2D eigenvalue weighted by molar-refractivity contribution is 9.10. The zero-order valence-corrected chi connectivity index (χ0v) is 9.37. The van der Waals surface area contributed by atoms with Crippen LogP contribution in [-0.2, 0) is 5.41 Å². The third-order valence-corrected chi connectivity index (χ3v) is 3.93. The molecule has 1 aliphatic heterocycles. The molecule has 68 valence electrons. The van der Waals surface area contributed by atoms with E-state index in [1.807, 2.05) is 6.07 Å². The predicted octanol–water partition coefficient (Wildman–Crippen LogP) is 3.56. The van der Waals surface area contributed by atoms with E-state index in [0.717, 1.165) is 16.0 Å². The number of benzene rings is 1. The first-order valence-corrected chi connectivity index (χ1v) is 5.62. The molecule has 13 heavy (non-hydrogen) atoms. The van der Waals surface area contributed by atoms with Crippen molar-refractivity contribution in [2.75, 3.05) is 11.9 Å². The summed E-state index contributed by atoms with van der Waals surface area (Å²) in [4.78, 5) is 0. The lowest BCUT2D eigenvalue weighted by atomic mass is 9.99. The second-order valence-electron chi connectivity index (χ2n) is 3.94. The first-order valence-electron chi connectivity index (χ1n) is 4.45. The summed E-state index contributed by atoms with van der Waals surface area (Å²) >= 11 is 9.56. The highest BCUT2D eigenvalue weighted by Gasteiger charge is 2.49. The van der Waals surface area contributed by atoms with Crippen LogP contribution in [0.4, 0.5) is 5.69 Å². The predicted molar refractivity (Wildman–Crippen MR) is 58.6 cm³/mol. The van der Waals surface area contributed by atoms with Crippen molar-refractivity contribution >= 4 is 33.2 Å². The standard InChI is InChI=1S/C10H9BrClN/c11-8-4-6(12)3-7-9(8)13-5-10(7)1-2-10/h3-4,13H,1-2,5H2. The third-order valence-electron chi connectivity index (χ3n) is 3.08. The number of halogens is 2. The molecule has 1 aromatic rings. The SMILES string of the molecule is Clc1cc(Br)c2c(c1)C1(CC1)CN2. The number of hydrogen-bond acceptors (Lipinski definition) is 1. The molecule has 0 aromatic heterocycles. The van der Waals surface area contributed by atoms with Gasteiger partial charge in [0.2, 0.25) is 0 Å². The van der Waals surface area contributed by atoms with Gasteiger partial charge in [0.15, 0.2) is 0 Å². The fraction of sp³-hybridized carbons (Fsp3) is 0.400. The van der Waals surface area contributed by atoms with Gasteiger partial charge in [0.1, 0.15) is 0 Å². The maximum atomic E-state index is 6.03. The van der Waals surface area contributed by atoms with Crippen LogP contribution in [0.1, 0.15) is 18.4 Å². The fourth-order valence-electron chi connectivity index (χ4n) is 2.12. The van der Waals surface area contributed by atoms with Crippen LogP contribution in [0.5, 0.6) is 0 Å². The number of fused-ring (bicyclic) bond motifs is 2. The molecule has 1 fully saturated rings. The van der Waals surface area contributed by atoms with Crippen LogP contribution in [0.15, 0.2) is 16.6 Å². The smallest absolute Gasteiger partial charge is 0.0524 e. The fourth-order valence-corrected chi connectivity index (χ4v) is 3.07. The molecule has 0 radical (unpaired) electrons. The van der Waals surface area contributed by atoms with E-state index in [9.17, 15) is 0 Å². The zero-order chi connectivity index (χ0) is 9.05. The van der Waals surface area contributed by atoms with Gasteiger partial charge in [-0.05, 0) is 46.5 Å². The van der Waals surface area contributed by atoms with E-state index in [4.69, 9.17) is 11.6 Å². The van der Waals surface area contributed by atoms with E-state index < -0.39 is 0 Å². The Kier molecular flexibility index (Phi) is 1.52. The summed E-state index contributed by atoms with van der Waals surface area (Å²) in [5.41, 5.74) is 3.09. The Balaban J connectivity index is 2.24. The molecule has 0 amide bonds. The van der Waals surface area contributed by atoms with Gasteiger partial charge in [-0.1, -0.05) is 11.6 Å². The number of rotatable bonds is 0. The minimum Gasteiger partial charge on any atom is -0.383 e. The molecular formula is C10H9BrClN. The molecule has 1 spiro atoms. The van der Waals surface area contributed by atoms with Gasteiger partial charge in [-0.2, -0.15) is 0 Å². The summed E-state index contributed by atoms with van der Waals surface area (Å²) in [7, 11) is 0. The monoisotopic (exact) mass is 257 g/mol. The zero-order valence-electron chi connectivity index (χ0n) is 7.03. The summed E-state index contributed by atoms with van der Waals surface area (Å²) in [6.45, 7) is 1.08. The molecule has 0 bridgehead atoms. The summed E-state index contributed by atoms with van der Waals surface area (Å²) < 4.78 is 1.10. The van der Waals surface area contributed by atoms with Gasteiger partial charge in [0, 0.05) is 21.5 Å². The Hall–Kier alpha value is -0.210. The lowest BCUT2D eigenvalue weighted by Crippen LogP contribution is -2.08. The molecule has 0 atom stereocenters. The molecule has 1 saturated carbocycles. The molecule has 1 aromatic carbocycles. The third kappa shape index (κ3) is 1.05. The molecule has 3 heteroatoms. The van der Waals surface area contributed by atoms with Gasteiger partial charge in [-0.15, -0.1) is 0 Å². The van der Waals surface area contributed by atoms with Crippen LogP contribution in [0.2, 0.25) is 5.02 Å². The first-order chi connectivity index (χ1) is 6.21. The molecule has 1 N–H and O–H groups in total. The second kappa shape index (κ2) is 2.43. The summed E-state index contributed by atoms with van der Waals surface area (Å²) in [5, 5.41) is 4.28. The second-order valence-corrected chi connectivity index (χ2v) is 5.23. The van der Waals surface area contributed by atoms with Crippen LogP contribution in [0.3, 0.4) is 0 Å². The summed E-state index contributed by atoms with van der Waals surface area (Å²) in [5.74, 6) is 0. The molecule has 0 unspecified atom stereocenters. The molecule has 1 nitrogen and oxygen atoms in total. The quantitative estimate of drug-likeness (QED) is 0.750. The van der Waals surface area contributed by atoms with Crippen LogP contribution in [0.25, 0.3) is 0 Å². The molecule has 0 saturated heterocycles. The first kappa shape index (κ1) is 8.13. The van der Waals surface area contributed by atoms with Gasteiger partial charge in [0.05, 0.1) is 5.69 Å². The lowest BCUT2D eigenvalue weighted by Gasteiger charge is -2.06. The van der Waals surface area contributed by atoms with Gasteiger partial charge >= 0.3 is 0 Å². The summed E-state index contributed by atoms with van der Waals surface area (Å²) in [6, 6.07) is 4.06. The average molecular weight is 259 g/mol. The molecule has 3 rings (SSSR count). The van der Waals surface area contributed by atoms with E-state index in [1.54, 1.807) is 0 Å². The van der Waals surface area contributed by atoms with Crippen molar-refractivity contribution in [1.29, 1.82) is 0 Å². The van der Waals surface area contributed by atoms with Crippen LogP contribution in [0, 0.1) is 0 Å². The van der Waals surface area contributed by atoms with Crippen molar-refractivity contribution in [3.05, 3.63) is 27.2 Å². The minimum absolute atomic E-state index is 0.433. The Morgan fingerprint density at radius 3 is 2.85 bits per heavy atom. The van der Waals surface area contributed by atoms with Gasteiger partial charge < -0.3 is 5.32 Å². The van der Waals surface area contributed by atoms with Crippen molar-refractivity contribution in [2.24, 2.45) is 0 Å². The largest absolute Gasteiger partial charge is 0.383 e. The van der Waals surface area contributed by atoms with E-state index in [0.29, 0.717) is 5.41 Å². The van der Waals surface area contributed by atoms with Crippen LogP contribution < -0.4 is 5.32 Å². The lowest BCUT2D eigenvalue weighted by molar-refractivity contribution is 0.778. The van der Waals surface area contributed by atoms with Crippen LogP contribution >= 0.6 is 27.5 Å². The summed E-state index contributed by atoms with van der Waals surface area (Å²) in [6.07, 6.45) is 2.61. The maximum Gasteiger partial charge on any atom is 0.0524 e. The molecular weight excluding hydrogens is 249 g/mol. The molecule has 1 aliphatic carbocycles. The van der Waals surface area contributed by atoms with Crippen molar-refractivity contribution in [3.63, 3.8) is 0 Å². The Morgan fingerprint density at radius 2 is 2.15 bits per heavy atom. The van der Waals surface area contributed by atoms with E-state index in [2.05, 4.69) is 27.3 Å². The highest BCUT2D eigenvalue weighted by atomic mass is 79.9. The normalized spacial score (nSPS) is 21.4. The van der Waals surface area contributed by atoms with Gasteiger partial charge in [-0.25, -0.2) is 0 Å². The highest BCUT2D eigenvalue weighted by Crippen LogP contribution is 2.56. The number of hydrogen-bond donors (Lipinski definition) is 1. The number of anilines is 1. The Morgan fingerprint density at radius 1 is 1.38 bits per heavy atom. The van der Waals surface area contributed by atoms with Crippen molar-refractivity contribution in [3.8, 4) is 0 Å². The Bertz CT molecular complexity index is 385. The van der Waals surface area contributed by atoms with E-state index in [-0.39, 0.29) is 0 Å². The molecule has 1 heterocycles. The minimum atomic E-state index is 0.433. The van der Waals surface area contributed by atoms with Gasteiger partial charge in [0.25, 0.3) is 0 Å². The van der Waals surface area contributed by atoms with Crippen molar-refractivity contribution < 1.29 is 0 Å². The Labute approximate surface area is 90.6 Å². The van der Waals surface area contributed by atoms with Crippen molar-refractivity contribution in [2.45, 2.75) is 18.3 Å². The molecule has 2 aliphatic rings. The maximum absolute atomic E-state index is 6.03. The van der Waals surface area contributed by atoms with Gasteiger partial charge in [-0.3, -0.25) is 0 Å². The van der Waals surface area contributed by atoms with Crippen LogP contribution in [-0.4, -0.2) is 6.54 Å². The topological polar surface area (TPSA) is 12.0 Å².